The number of carbonyl (C=O) groups excluding carboxylic acids is 4. The number of aliphatic hydroxyl groups excluding tert-OH is 1. The minimum atomic E-state index is -4.95. The predicted octanol–water partition coefficient (Wildman–Crippen LogP) is 22.1. The highest BCUT2D eigenvalue weighted by Crippen LogP contribution is 2.45. The number of hydrogen-bond donors (Lipinski definition) is 3. The molecule has 5 atom stereocenters. The maximum Gasteiger partial charge on any atom is 0.472 e. The molecule has 0 aliphatic heterocycles. The lowest BCUT2D eigenvalue weighted by Gasteiger charge is -2.21. The van der Waals surface area contributed by atoms with Gasteiger partial charge in [-0.05, 0) is 31.6 Å². The molecule has 3 N–H and O–H groups in total. The summed E-state index contributed by atoms with van der Waals surface area (Å²) in [6.07, 6.45) is 57.3. The van der Waals surface area contributed by atoms with Crippen LogP contribution >= 0.6 is 15.6 Å². The van der Waals surface area contributed by atoms with Gasteiger partial charge in [0.05, 0.1) is 26.4 Å². The Kier molecular flexibility index (Phi) is 66.8. The van der Waals surface area contributed by atoms with E-state index in [0.717, 1.165) is 102 Å². The predicted molar refractivity (Wildman–Crippen MR) is 382 cm³/mol. The number of unbranched alkanes of at least 4 members (excludes halogenated alkanes) is 47. The second kappa shape index (κ2) is 68.2. The molecule has 0 aromatic rings. The Hall–Kier alpha value is -1.94. The van der Waals surface area contributed by atoms with E-state index in [1.165, 1.54) is 212 Å². The van der Waals surface area contributed by atoms with Gasteiger partial charge < -0.3 is 33.8 Å². The van der Waals surface area contributed by atoms with Crippen LogP contribution in [-0.4, -0.2) is 96.7 Å². The molecule has 0 aliphatic carbocycles. The van der Waals surface area contributed by atoms with Crippen LogP contribution in [0.4, 0.5) is 0 Å². The third-order valence-corrected chi connectivity index (χ3v) is 19.4. The fourth-order valence-corrected chi connectivity index (χ4v) is 13.1. The quantitative estimate of drug-likeness (QED) is 0.0222. The standard InChI is InChI=1S/C75H146O17P2/c1-6-9-12-15-17-19-21-23-25-27-28-29-31-33-37-41-45-50-55-60-75(80)92-71(65-86-73(78)59-54-49-44-40-36-32-30-26-24-22-20-18-16-13-10-7-2)67-90-94(83,84)88-63-69(76)62-87-93(81,82)89-66-70(64-85-72(77)58-53-47-14-11-8-3)91-74(79)61-56-51-46-42-38-34-35-39-43-48-52-57-68(4)5/h68-71,76H,6-67H2,1-5H3,(H,81,82)(H,83,84)/t69-,70+,71+/m0/s1. The highest BCUT2D eigenvalue weighted by atomic mass is 31.2. The van der Waals surface area contributed by atoms with Crippen LogP contribution in [0.2, 0.25) is 0 Å². The van der Waals surface area contributed by atoms with E-state index in [0.29, 0.717) is 25.7 Å². The van der Waals surface area contributed by atoms with Crippen molar-refractivity contribution in [3.05, 3.63) is 0 Å². The van der Waals surface area contributed by atoms with Crippen LogP contribution in [-0.2, 0) is 65.4 Å². The van der Waals surface area contributed by atoms with E-state index in [1.54, 1.807) is 0 Å². The van der Waals surface area contributed by atoms with Crippen molar-refractivity contribution >= 4 is 39.5 Å². The van der Waals surface area contributed by atoms with E-state index < -0.39 is 97.5 Å². The van der Waals surface area contributed by atoms with Gasteiger partial charge in [-0.15, -0.1) is 0 Å². The lowest BCUT2D eigenvalue weighted by Crippen LogP contribution is -2.30. The fraction of sp³-hybridized carbons (Fsp3) is 0.947. The largest absolute Gasteiger partial charge is 0.472 e. The first-order valence-corrected chi connectivity index (χ1v) is 42.1. The molecule has 0 amide bonds. The van der Waals surface area contributed by atoms with Gasteiger partial charge in [0.2, 0.25) is 0 Å². The molecule has 19 heteroatoms. The van der Waals surface area contributed by atoms with Gasteiger partial charge in [0.25, 0.3) is 0 Å². The molecule has 0 aromatic carbocycles. The molecule has 0 aromatic heterocycles. The lowest BCUT2D eigenvalue weighted by molar-refractivity contribution is -0.161. The monoisotopic (exact) mass is 1380 g/mol. The van der Waals surface area contributed by atoms with Gasteiger partial charge in [0.15, 0.2) is 12.2 Å². The van der Waals surface area contributed by atoms with Crippen molar-refractivity contribution in [3.8, 4) is 0 Å². The molecule has 0 fully saturated rings. The van der Waals surface area contributed by atoms with Crippen molar-refractivity contribution in [2.45, 2.75) is 412 Å². The summed E-state index contributed by atoms with van der Waals surface area (Å²) < 4.78 is 68.3. The normalized spacial score (nSPS) is 14.0. The molecular formula is C75H146O17P2. The molecule has 0 spiro atoms. The van der Waals surface area contributed by atoms with Gasteiger partial charge in [-0.3, -0.25) is 37.3 Å². The molecule has 0 aliphatic rings. The molecular weight excluding hydrogens is 1230 g/mol. The summed E-state index contributed by atoms with van der Waals surface area (Å²) >= 11 is 0. The van der Waals surface area contributed by atoms with Crippen LogP contribution < -0.4 is 0 Å². The van der Waals surface area contributed by atoms with E-state index in [2.05, 4.69) is 34.6 Å². The highest BCUT2D eigenvalue weighted by molar-refractivity contribution is 7.47. The van der Waals surface area contributed by atoms with Crippen molar-refractivity contribution < 1.29 is 80.2 Å². The summed E-state index contributed by atoms with van der Waals surface area (Å²) in [6.45, 7) is 7.20. The van der Waals surface area contributed by atoms with Gasteiger partial charge in [-0.2, -0.15) is 0 Å². The van der Waals surface area contributed by atoms with Gasteiger partial charge >= 0.3 is 39.5 Å². The van der Waals surface area contributed by atoms with Crippen LogP contribution in [0.25, 0.3) is 0 Å². The Balaban J connectivity index is 5.14. The summed E-state index contributed by atoms with van der Waals surface area (Å²) in [5.41, 5.74) is 0. The van der Waals surface area contributed by atoms with Crippen LogP contribution in [0, 0.1) is 5.92 Å². The molecule has 0 bridgehead atoms. The first-order valence-electron chi connectivity index (χ1n) is 39.1. The van der Waals surface area contributed by atoms with E-state index in [1.807, 2.05) is 0 Å². The van der Waals surface area contributed by atoms with E-state index in [9.17, 15) is 43.2 Å². The summed E-state index contributed by atoms with van der Waals surface area (Å²) in [6, 6.07) is 0. The number of rotatable bonds is 75. The zero-order valence-electron chi connectivity index (χ0n) is 61.1. The number of carbonyl (C=O) groups is 4. The molecule has 0 heterocycles. The molecule has 0 radical (unpaired) electrons. The molecule has 94 heavy (non-hydrogen) atoms. The van der Waals surface area contributed by atoms with Crippen molar-refractivity contribution in [2.24, 2.45) is 5.92 Å². The van der Waals surface area contributed by atoms with Gasteiger partial charge in [0, 0.05) is 25.7 Å². The van der Waals surface area contributed by atoms with Crippen molar-refractivity contribution in [1.82, 2.24) is 0 Å². The molecule has 0 saturated heterocycles. The van der Waals surface area contributed by atoms with Gasteiger partial charge in [-0.25, -0.2) is 9.13 Å². The number of phosphoric acid groups is 2. The highest BCUT2D eigenvalue weighted by Gasteiger charge is 2.30. The molecule has 0 rings (SSSR count). The van der Waals surface area contributed by atoms with Gasteiger partial charge in [-0.1, -0.05) is 343 Å². The smallest absolute Gasteiger partial charge is 0.462 e. The Morgan fingerprint density at radius 3 is 0.723 bits per heavy atom. The minimum absolute atomic E-state index is 0.106. The third kappa shape index (κ3) is 68.6. The minimum Gasteiger partial charge on any atom is -0.462 e. The summed E-state index contributed by atoms with van der Waals surface area (Å²) in [7, 11) is -9.90. The molecule has 2 unspecified atom stereocenters. The number of phosphoric ester groups is 2. The van der Waals surface area contributed by atoms with Crippen molar-refractivity contribution in [1.29, 1.82) is 0 Å². The van der Waals surface area contributed by atoms with Crippen molar-refractivity contribution in [3.63, 3.8) is 0 Å². The summed E-state index contributed by atoms with van der Waals surface area (Å²) in [4.78, 5) is 72.5. The second-order valence-electron chi connectivity index (χ2n) is 27.5. The summed E-state index contributed by atoms with van der Waals surface area (Å²) in [5, 5.41) is 10.6. The number of esters is 4. The van der Waals surface area contributed by atoms with E-state index in [4.69, 9.17) is 37.0 Å². The molecule has 558 valence electrons. The first kappa shape index (κ1) is 92.1. The fourth-order valence-electron chi connectivity index (χ4n) is 11.5. The van der Waals surface area contributed by atoms with Crippen molar-refractivity contribution in [2.75, 3.05) is 39.6 Å². The topological polar surface area (TPSA) is 237 Å². The Labute approximate surface area is 575 Å². The SMILES string of the molecule is CCCCCCCCCCCCCCCCCCCCCC(=O)O[C@H](COC(=O)CCCCCCCCCCCCCCCCCC)COP(=O)(O)OC[C@@H](O)COP(=O)(O)OC[C@@H](COC(=O)CCCCCCC)OC(=O)CCCCCCCCCCCCCC(C)C. The first-order chi connectivity index (χ1) is 45.5. The third-order valence-electron chi connectivity index (χ3n) is 17.5. The average Bonchev–Trinajstić information content (AvgIpc) is 1.54. The Morgan fingerprint density at radius 1 is 0.287 bits per heavy atom. The Bertz CT molecular complexity index is 1810. The lowest BCUT2D eigenvalue weighted by atomic mass is 10.0. The van der Waals surface area contributed by atoms with Crippen LogP contribution in [0.1, 0.15) is 394 Å². The Morgan fingerprint density at radius 2 is 0.489 bits per heavy atom. The number of ether oxygens (including phenoxy) is 4. The number of hydrogen-bond acceptors (Lipinski definition) is 15. The van der Waals surface area contributed by atoms with E-state index >= 15 is 0 Å². The number of aliphatic hydroxyl groups is 1. The molecule has 17 nitrogen and oxygen atoms in total. The maximum atomic E-state index is 13.1. The zero-order valence-corrected chi connectivity index (χ0v) is 62.9. The van der Waals surface area contributed by atoms with Crippen LogP contribution in [0.3, 0.4) is 0 Å². The van der Waals surface area contributed by atoms with Gasteiger partial charge in [0.1, 0.15) is 19.3 Å². The van der Waals surface area contributed by atoms with Crippen LogP contribution in [0.15, 0.2) is 0 Å². The maximum absolute atomic E-state index is 13.1. The molecule has 0 saturated carbocycles. The second-order valence-corrected chi connectivity index (χ2v) is 30.4. The zero-order chi connectivity index (χ0) is 69.1. The summed E-state index contributed by atoms with van der Waals surface area (Å²) in [5.74, 6) is -1.36. The van der Waals surface area contributed by atoms with Crippen LogP contribution in [0.5, 0.6) is 0 Å². The van der Waals surface area contributed by atoms with E-state index in [-0.39, 0.29) is 25.7 Å². The average molecular weight is 1380 g/mol.